The van der Waals surface area contributed by atoms with E-state index in [0.717, 1.165) is 23.4 Å². The lowest BCUT2D eigenvalue weighted by atomic mass is 9.83. The summed E-state index contributed by atoms with van der Waals surface area (Å²) < 4.78 is 0. The summed E-state index contributed by atoms with van der Waals surface area (Å²) in [4.78, 5) is 2.21. The van der Waals surface area contributed by atoms with Gasteiger partial charge in [0.05, 0.1) is 0 Å². The maximum absolute atomic E-state index is 5.77. The topological polar surface area (TPSA) is 29.3 Å². The Kier molecular flexibility index (Phi) is 3.33. The molecule has 2 fully saturated rings. The minimum atomic E-state index is 0.809. The molecule has 2 saturated carbocycles. The lowest BCUT2D eigenvalue weighted by Crippen LogP contribution is -2.11. The fourth-order valence-electron chi connectivity index (χ4n) is 4.45. The molecule has 2 aliphatic carbocycles. The van der Waals surface area contributed by atoms with Gasteiger partial charge >= 0.3 is 0 Å². The van der Waals surface area contributed by atoms with Crippen LogP contribution in [0.5, 0.6) is 0 Å². The van der Waals surface area contributed by atoms with Crippen LogP contribution < -0.4 is 10.6 Å². The zero-order chi connectivity index (χ0) is 15.1. The van der Waals surface area contributed by atoms with Gasteiger partial charge in [-0.15, -0.1) is 0 Å². The standard InChI is InChI=1S/C20H24N2/c1-22(19-10-6-17(21)7-11-19)18-8-4-15(5-9-18)20-13-14-2-3-16(20)12-14/h4-11,14,16,20H,2-3,12-13,21H2,1H3. The molecular weight excluding hydrogens is 268 g/mol. The SMILES string of the molecule is CN(c1ccc(N)cc1)c1ccc(C2CC3CCC2C3)cc1. The average molecular weight is 292 g/mol. The summed E-state index contributed by atoms with van der Waals surface area (Å²) in [6.07, 6.45) is 5.80. The van der Waals surface area contributed by atoms with E-state index < -0.39 is 0 Å². The van der Waals surface area contributed by atoms with E-state index in [0.29, 0.717) is 0 Å². The molecule has 0 aromatic heterocycles. The van der Waals surface area contributed by atoms with Gasteiger partial charge in [0.2, 0.25) is 0 Å². The van der Waals surface area contributed by atoms with E-state index >= 15 is 0 Å². The second kappa shape index (κ2) is 5.35. The summed E-state index contributed by atoms with van der Waals surface area (Å²) in [5, 5.41) is 0. The van der Waals surface area contributed by atoms with Crippen molar-refractivity contribution in [1.29, 1.82) is 0 Å². The minimum absolute atomic E-state index is 0.809. The molecule has 2 heteroatoms. The van der Waals surface area contributed by atoms with Crippen molar-refractivity contribution in [2.24, 2.45) is 11.8 Å². The zero-order valence-electron chi connectivity index (χ0n) is 13.2. The van der Waals surface area contributed by atoms with Gasteiger partial charge in [-0.2, -0.15) is 0 Å². The van der Waals surface area contributed by atoms with Crippen LogP contribution in [0.2, 0.25) is 0 Å². The molecule has 2 aromatic carbocycles. The van der Waals surface area contributed by atoms with Crippen LogP contribution in [0, 0.1) is 11.8 Å². The highest BCUT2D eigenvalue weighted by molar-refractivity contribution is 5.64. The Balaban J connectivity index is 1.53. The number of benzene rings is 2. The van der Waals surface area contributed by atoms with Crippen molar-refractivity contribution >= 4 is 17.1 Å². The average Bonchev–Trinajstić information content (AvgIpc) is 3.18. The number of nitrogens with zero attached hydrogens (tertiary/aromatic N) is 1. The molecule has 22 heavy (non-hydrogen) atoms. The van der Waals surface area contributed by atoms with Gasteiger partial charge in [0.1, 0.15) is 0 Å². The summed E-state index contributed by atoms with van der Waals surface area (Å²) in [5.41, 5.74) is 10.5. The van der Waals surface area contributed by atoms with Crippen LogP contribution in [-0.2, 0) is 0 Å². The van der Waals surface area contributed by atoms with Gasteiger partial charge in [-0.05, 0) is 79.0 Å². The molecule has 2 aliphatic rings. The van der Waals surface area contributed by atoms with Crippen LogP contribution in [0.15, 0.2) is 48.5 Å². The summed E-state index contributed by atoms with van der Waals surface area (Å²) in [6.45, 7) is 0. The second-order valence-corrected chi connectivity index (χ2v) is 7.02. The molecule has 2 nitrogen and oxygen atoms in total. The van der Waals surface area contributed by atoms with Crippen molar-refractivity contribution in [2.45, 2.75) is 31.6 Å². The van der Waals surface area contributed by atoms with Crippen molar-refractivity contribution in [3.63, 3.8) is 0 Å². The molecule has 0 radical (unpaired) electrons. The van der Waals surface area contributed by atoms with Crippen LogP contribution in [0.25, 0.3) is 0 Å². The fourth-order valence-corrected chi connectivity index (χ4v) is 4.45. The van der Waals surface area contributed by atoms with Gasteiger partial charge in [-0.25, -0.2) is 0 Å². The van der Waals surface area contributed by atoms with Crippen LogP contribution in [0.3, 0.4) is 0 Å². The number of hydrogen-bond donors (Lipinski definition) is 1. The summed E-state index contributed by atoms with van der Waals surface area (Å²) in [6, 6.07) is 17.3. The van der Waals surface area contributed by atoms with Gasteiger partial charge in [-0.1, -0.05) is 18.6 Å². The number of hydrogen-bond acceptors (Lipinski definition) is 2. The number of nitrogens with two attached hydrogens (primary N) is 1. The van der Waals surface area contributed by atoms with Crippen LogP contribution in [0.4, 0.5) is 17.1 Å². The predicted octanol–water partition coefficient (Wildman–Crippen LogP) is 4.94. The highest BCUT2D eigenvalue weighted by atomic mass is 15.1. The fraction of sp³-hybridized carbons (Fsp3) is 0.400. The molecule has 2 aromatic rings. The maximum atomic E-state index is 5.77. The van der Waals surface area contributed by atoms with Crippen LogP contribution >= 0.6 is 0 Å². The van der Waals surface area contributed by atoms with Crippen LogP contribution in [0.1, 0.15) is 37.2 Å². The van der Waals surface area contributed by atoms with Gasteiger partial charge < -0.3 is 10.6 Å². The number of anilines is 3. The van der Waals surface area contributed by atoms with Gasteiger partial charge in [0, 0.05) is 24.1 Å². The lowest BCUT2D eigenvalue weighted by molar-refractivity contribution is 0.420. The quantitative estimate of drug-likeness (QED) is 0.812. The molecule has 3 atom stereocenters. The smallest absolute Gasteiger partial charge is 0.0409 e. The largest absolute Gasteiger partial charge is 0.399 e. The molecule has 0 spiro atoms. The van der Waals surface area contributed by atoms with Crippen molar-refractivity contribution in [1.82, 2.24) is 0 Å². The Bertz CT molecular complexity index is 644. The van der Waals surface area contributed by atoms with Crippen molar-refractivity contribution in [3.8, 4) is 0 Å². The Morgan fingerprint density at radius 2 is 1.50 bits per heavy atom. The minimum Gasteiger partial charge on any atom is -0.399 e. The summed E-state index contributed by atoms with van der Waals surface area (Å²) in [5.74, 6) is 2.77. The highest BCUT2D eigenvalue weighted by Gasteiger charge is 2.39. The monoisotopic (exact) mass is 292 g/mol. The Hall–Kier alpha value is -1.96. The van der Waals surface area contributed by atoms with E-state index in [1.165, 1.54) is 37.1 Å². The normalized spacial score (nSPS) is 26.3. The van der Waals surface area contributed by atoms with Crippen LogP contribution in [-0.4, -0.2) is 7.05 Å². The molecule has 0 aliphatic heterocycles. The van der Waals surface area contributed by atoms with E-state index in [4.69, 9.17) is 5.73 Å². The van der Waals surface area contributed by atoms with Gasteiger partial charge in [0.15, 0.2) is 0 Å². The highest BCUT2D eigenvalue weighted by Crippen LogP contribution is 2.52. The molecule has 3 unspecified atom stereocenters. The molecule has 0 amide bonds. The van der Waals surface area contributed by atoms with Crippen molar-refractivity contribution in [3.05, 3.63) is 54.1 Å². The van der Waals surface area contributed by atoms with E-state index in [9.17, 15) is 0 Å². The third-order valence-electron chi connectivity index (χ3n) is 5.73. The Labute approximate surface area is 132 Å². The first-order valence-corrected chi connectivity index (χ1v) is 8.40. The third-order valence-corrected chi connectivity index (χ3v) is 5.73. The molecular formula is C20H24N2. The summed E-state index contributed by atoms with van der Waals surface area (Å²) >= 11 is 0. The van der Waals surface area contributed by atoms with E-state index in [-0.39, 0.29) is 0 Å². The molecule has 2 bridgehead atoms. The molecule has 0 saturated heterocycles. The first kappa shape index (κ1) is 13.7. The Morgan fingerprint density at radius 3 is 2.05 bits per heavy atom. The lowest BCUT2D eigenvalue weighted by Gasteiger charge is -2.24. The first-order chi connectivity index (χ1) is 10.7. The van der Waals surface area contributed by atoms with Crippen molar-refractivity contribution < 1.29 is 0 Å². The molecule has 0 heterocycles. The zero-order valence-corrected chi connectivity index (χ0v) is 13.2. The van der Waals surface area contributed by atoms with Crippen molar-refractivity contribution in [2.75, 3.05) is 17.7 Å². The van der Waals surface area contributed by atoms with Gasteiger partial charge in [0.25, 0.3) is 0 Å². The molecule has 114 valence electrons. The first-order valence-electron chi connectivity index (χ1n) is 8.40. The molecule has 4 rings (SSSR count). The predicted molar refractivity (Wildman–Crippen MR) is 93.5 cm³/mol. The van der Waals surface area contributed by atoms with E-state index in [2.05, 4.69) is 48.3 Å². The molecule has 2 N–H and O–H groups in total. The second-order valence-electron chi connectivity index (χ2n) is 7.02. The maximum Gasteiger partial charge on any atom is 0.0409 e. The van der Waals surface area contributed by atoms with E-state index in [1.54, 1.807) is 5.56 Å². The summed E-state index contributed by atoms with van der Waals surface area (Å²) in [7, 11) is 2.11. The number of nitrogen functional groups attached to an aromatic ring is 1. The van der Waals surface area contributed by atoms with Gasteiger partial charge in [-0.3, -0.25) is 0 Å². The third kappa shape index (κ3) is 2.37. The number of fused-ring (bicyclic) bond motifs is 2. The Morgan fingerprint density at radius 1 is 0.864 bits per heavy atom. The van der Waals surface area contributed by atoms with E-state index in [1.807, 2.05) is 12.1 Å². The number of rotatable bonds is 3.